The Balaban J connectivity index is 1.78. The fourth-order valence-corrected chi connectivity index (χ4v) is 3.29. The van der Waals surface area contributed by atoms with Crippen molar-refractivity contribution in [1.29, 1.82) is 0 Å². The Morgan fingerprint density at radius 1 is 1.33 bits per heavy atom. The van der Waals surface area contributed by atoms with E-state index in [1.165, 1.54) is 25.7 Å². The fraction of sp³-hybridized carbons (Fsp3) is 0.929. The molecular weight excluding hydrogens is 228 g/mol. The summed E-state index contributed by atoms with van der Waals surface area (Å²) in [6.07, 6.45) is 5.36. The van der Waals surface area contributed by atoms with Crippen LogP contribution >= 0.6 is 0 Å². The molecule has 2 atom stereocenters. The third kappa shape index (κ3) is 3.69. The maximum Gasteiger partial charge on any atom is 0.236 e. The van der Waals surface area contributed by atoms with E-state index in [9.17, 15) is 4.79 Å². The quantitative estimate of drug-likeness (QED) is 0.739. The molecule has 0 aromatic carbocycles. The summed E-state index contributed by atoms with van der Waals surface area (Å²) >= 11 is 0. The van der Waals surface area contributed by atoms with Gasteiger partial charge < -0.3 is 9.64 Å². The molecule has 0 aromatic rings. The molecule has 0 aromatic heterocycles. The Hall–Kier alpha value is -0.610. The van der Waals surface area contributed by atoms with Crippen molar-refractivity contribution in [1.82, 2.24) is 9.80 Å². The van der Waals surface area contributed by atoms with Crippen LogP contribution in [0.15, 0.2) is 0 Å². The smallest absolute Gasteiger partial charge is 0.236 e. The minimum absolute atomic E-state index is 0.296. The highest BCUT2D eigenvalue weighted by molar-refractivity contribution is 5.78. The fourth-order valence-electron chi connectivity index (χ4n) is 3.29. The summed E-state index contributed by atoms with van der Waals surface area (Å²) in [7, 11) is 3.68. The number of likely N-dealkylation sites (N-methyl/N-ethyl adjacent to an activating group) is 1. The number of rotatable bonds is 5. The molecule has 1 heterocycles. The van der Waals surface area contributed by atoms with Gasteiger partial charge in [-0.3, -0.25) is 9.69 Å². The minimum atomic E-state index is 0.296. The Morgan fingerprint density at radius 2 is 2.00 bits per heavy atom. The van der Waals surface area contributed by atoms with Gasteiger partial charge >= 0.3 is 0 Å². The normalized spacial score (nSPS) is 27.6. The molecule has 0 spiro atoms. The predicted octanol–water partition coefficient (Wildman–Crippen LogP) is 1.21. The van der Waals surface area contributed by atoms with Crippen molar-refractivity contribution in [3.8, 4) is 0 Å². The lowest BCUT2D eigenvalue weighted by Gasteiger charge is -2.41. The minimum Gasteiger partial charge on any atom is -0.383 e. The molecule has 1 saturated carbocycles. The Labute approximate surface area is 110 Å². The number of methoxy groups -OCH3 is 1. The van der Waals surface area contributed by atoms with Crippen LogP contribution in [0.25, 0.3) is 0 Å². The summed E-state index contributed by atoms with van der Waals surface area (Å²) in [5, 5.41) is 0. The molecule has 0 unspecified atom stereocenters. The first kappa shape index (κ1) is 13.8. The van der Waals surface area contributed by atoms with Gasteiger partial charge in [0.05, 0.1) is 13.2 Å². The van der Waals surface area contributed by atoms with E-state index in [1.807, 2.05) is 7.05 Å². The molecule has 0 N–H and O–H groups in total. The number of likely N-dealkylation sites (tertiary alicyclic amines) is 1. The standard InChI is InChI=1S/C14H26N2O2/c1-15(6-7-18-2)11-14(17)16-9-12-4-3-5-13(8-12)10-16/h12-13H,3-11H2,1-2H3/t12-,13-/m0/s1. The molecule has 1 aliphatic heterocycles. The molecule has 1 amide bonds. The SMILES string of the molecule is COCCN(C)CC(=O)N1C[C@H]2CCC[C@@H](C2)C1. The summed E-state index contributed by atoms with van der Waals surface area (Å²) < 4.78 is 5.03. The van der Waals surface area contributed by atoms with Gasteiger partial charge in [0.2, 0.25) is 5.91 Å². The number of ether oxygens (including phenoxy) is 1. The van der Waals surface area contributed by atoms with Crippen LogP contribution in [0.4, 0.5) is 0 Å². The molecular formula is C14H26N2O2. The summed E-state index contributed by atoms with van der Waals surface area (Å²) in [5.74, 6) is 1.83. The van der Waals surface area contributed by atoms with Gasteiger partial charge in [0.25, 0.3) is 0 Å². The van der Waals surface area contributed by atoms with Crippen LogP contribution in [0, 0.1) is 11.8 Å². The Bertz CT molecular complexity index is 271. The Kier molecular flexibility index (Phi) is 5.01. The molecule has 104 valence electrons. The Morgan fingerprint density at radius 3 is 2.61 bits per heavy atom. The summed E-state index contributed by atoms with van der Waals surface area (Å²) in [6.45, 7) is 4.03. The van der Waals surface area contributed by atoms with Crippen LogP contribution in [0.2, 0.25) is 0 Å². The van der Waals surface area contributed by atoms with Crippen LogP contribution in [0.1, 0.15) is 25.7 Å². The zero-order chi connectivity index (χ0) is 13.0. The van der Waals surface area contributed by atoms with E-state index in [-0.39, 0.29) is 0 Å². The summed E-state index contributed by atoms with van der Waals surface area (Å²) in [5.41, 5.74) is 0. The predicted molar refractivity (Wildman–Crippen MR) is 71.4 cm³/mol. The van der Waals surface area contributed by atoms with Gasteiger partial charge in [0, 0.05) is 26.7 Å². The number of carbonyl (C=O) groups excluding carboxylic acids is 1. The molecule has 2 bridgehead atoms. The average molecular weight is 254 g/mol. The number of nitrogens with zero attached hydrogens (tertiary/aromatic N) is 2. The maximum atomic E-state index is 12.2. The largest absolute Gasteiger partial charge is 0.383 e. The number of hydrogen-bond acceptors (Lipinski definition) is 3. The molecule has 18 heavy (non-hydrogen) atoms. The second-order valence-electron chi connectivity index (χ2n) is 5.93. The molecule has 0 radical (unpaired) electrons. The van der Waals surface area contributed by atoms with Gasteiger partial charge in [-0.25, -0.2) is 0 Å². The van der Waals surface area contributed by atoms with Gasteiger partial charge in [0.15, 0.2) is 0 Å². The number of carbonyl (C=O) groups is 1. The second-order valence-corrected chi connectivity index (χ2v) is 5.93. The van der Waals surface area contributed by atoms with E-state index in [4.69, 9.17) is 4.74 Å². The summed E-state index contributed by atoms with van der Waals surface area (Å²) in [4.78, 5) is 16.4. The average Bonchev–Trinajstić information content (AvgIpc) is 2.35. The number of amides is 1. The molecule has 2 aliphatic rings. The van der Waals surface area contributed by atoms with Crippen molar-refractivity contribution in [3.05, 3.63) is 0 Å². The maximum absolute atomic E-state index is 12.2. The monoisotopic (exact) mass is 254 g/mol. The lowest BCUT2D eigenvalue weighted by molar-refractivity contribution is -0.136. The topological polar surface area (TPSA) is 32.8 Å². The molecule has 2 fully saturated rings. The first-order valence-electron chi connectivity index (χ1n) is 7.14. The molecule has 2 rings (SSSR count). The first-order valence-corrected chi connectivity index (χ1v) is 7.14. The van der Waals surface area contributed by atoms with E-state index in [1.54, 1.807) is 7.11 Å². The lowest BCUT2D eigenvalue weighted by Crippen LogP contribution is -2.48. The van der Waals surface area contributed by atoms with Gasteiger partial charge in [-0.1, -0.05) is 6.42 Å². The third-order valence-electron chi connectivity index (χ3n) is 4.28. The second kappa shape index (κ2) is 6.53. The van der Waals surface area contributed by atoms with Crippen molar-refractivity contribution >= 4 is 5.91 Å². The van der Waals surface area contributed by atoms with E-state index >= 15 is 0 Å². The van der Waals surface area contributed by atoms with Crippen molar-refractivity contribution in [2.24, 2.45) is 11.8 Å². The van der Waals surface area contributed by atoms with Gasteiger partial charge in [-0.2, -0.15) is 0 Å². The highest BCUT2D eigenvalue weighted by Gasteiger charge is 2.32. The van der Waals surface area contributed by atoms with E-state index in [0.29, 0.717) is 19.1 Å². The van der Waals surface area contributed by atoms with E-state index < -0.39 is 0 Å². The van der Waals surface area contributed by atoms with Crippen LogP contribution in [-0.2, 0) is 9.53 Å². The first-order chi connectivity index (χ1) is 8.69. The molecule has 4 heteroatoms. The van der Waals surface area contributed by atoms with Crippen LogP contribution < -0.4 is 0 Å². The van der Waals surface area contributed by atoms with Crippen LogP contribution in [-0.4, -0.2) is 62.7 Å². The van der Waals surface area contributed by atoms with Crippen molar-refractivity contribution < 1.29 is 9.53 Å². The number of piperidine rings is 1. The van der Waals surface area contributed by atoms with Crippen molar-refractivity contribution in [3.63, 3.8) is 0 Å². The molecule has 1 aliphatic carbocycles. The number of hydrogen-bond donors (Lipinski definition) is 0. The van der Waals surface area contributed by atoms with E-state index in [0.717, 1.165) is 31.5 Å². The zero-order valence-corrected chi connectivity index (χ0v) is 11.7. The van der Waals surface area contributed by atoms with Crippen molar-refractivity contribution in [2.45, 2.75) is 25.7 Å². The van der Waals surface area contributed by atoms with Crippen molar-refractivity contribution in [2.75, 3.05) is 46.9 Å². The van der Waals surface area contributed by atoms with Gasteiger partial charge in [0.1, 0.15) is 0 Å². The van der Waals surface area contributed by atoms with Gasteiger partial charge in [-0.05, 0) is 38.1 Å². The van der Waals surface area contributed by atoms with E-state index in [2.05, 4.69) is 9.80 Å². The number of fused-ring (bicyclic) bond motifs is 2. The zero-order valence-electron chi connectivity index (χ0n) is 11.7. The van der Waals surface area contributed by atoms with Gasteiger partial charge in [-0.15, -0.1) is 0 Å². The molecule has 4 nitrogen and oxygen atoms in total. The lowest BCUT2D eigenvalue weighted by atomic mass is 9.78. The molecule has 1 saturated heterocycles. The highest BCUT2D eigenvalue weighted by Crippen LogP contribution is 2.34. The highest BCUT2D eigenvalue weighted by atomic mass is 16.5. The van der Waals surface area contributed by atoms with Crippen LogP contribution in [0.3, 0.4) is 0 Å². The van der Waals surface area contributed by atoms with Crippen LogP contribution in [0.5, 0.6) is 0 Å². The summed E-state index contributed by atoms with van der Waals surface area (Å²) in [6, 6.07) is 0. The third-order valence-corrected chi connectivity index (χ3v) is 4.28.